The zero-order chi connectivity index (χ0) is 39.1. The topological polar surface area (TPSA) is 0 Å². The number of hydrogen-bond acceptors (Lipinski definition) is 0. The molecule has 2 aliphatic carbocycles. The van der Waals surface area contributed by atoms with Crippen LogP contribution in [-0.4, -0.2) is 9.52 Å². The summed E-state index contributed by atoms with van der Waals surface area (Å²) in [5.74, 6) is 0. The zero-order valence-electron chi connectivity index (χ0n) is 33.6. The molecule has 0 bridgehead atoms. The number of halogens is 2. The Morgan fingerprint density at radius 1 is 0.431 bits per heavy atom. The van der Waals surface area contributed by atoms with E-state index in [0.29, 0.717) is 0 Å². The van der Waals surface area contributed by atoms with E-state index in [1.54, 1.807) is 0 Å². The minimum absolute atomic E-state index is 0. The quantitative estimate of drug-likeness (QED) is 0.0810. The van der Waals surface area contributed by atoms with Crippen LogP contribution in [0.25, 0.3) is 76.5 Å². The third-order valence-electron chi connectivity index (χ3n) is 13.2. The molecule has 2 atom stereocenters. The maximum atomic E-state index is 8.46. The van der Waals surface area contributed by atoms with Gasteiger partial charge in [-0.15, -0.1) is 23.2 Å². The summed E-state index contributed by atoms with van der Waals surface area (Å²) in [6.45, 7) is 9.23. The van der Waals surface area contributed by atoms with Crippen LogP contribution in [0.1, 0.15) is 75.6 Å². The van der Waals surface area contributed by atoms with Crippen LogP contribution in [-0.2, 0) is 35.2 Å². The summed E-state index contributed by atoms with van der Waals surface area (Å²) in [6, 6.07) is 53.8. The fourth-order valence-corrected chi connectivity index (χ4v) is 16.0. The molecule has 0 saturated carbocycles. The van der Waals surface area contributed by atoms with Gasteiger partial charge in [0.05, 0.1) is 18.5 Å². The Morgan fingerprint density at radius 3 is 1.19 bits per heavy atom. The Hall–Kier alpha value is -4.04. The molecule has 0 heterocycles. The van der Waals surface area contributed by atoms with Crippen LogP contribution in [0.3, 0.4) is 0 Å². The van der Waals surface area contributed by atoms with Crippen molar-refractivity contribution < 1.29 is 26.2 Å². The molecule has 0 spiro atoms. The first-order valence-corrected chi connectivity index (χ1v) is 22.8. The molecule has 0 radical (unpaired) electrons. The van der Waals surface area contributed by atoms with E-state index in [1.165, 1.54) is 110 Å². The molecule has 0 amide bonds. The molecule has 0 aromatic heterocycles. The van der Waals surface area contributed by atoms with E-state index in [2.05, 4.69) is 173 Å². The van der Waals surface area contributed by atoms with E-state index in [-0.39, 0.29) is 26.2 Å². The van der Waals surface area contributed by atoms with E-state index in [1.807, 2.05) is 0 Å². The summed E-state index contributed by atoms with van der Waals surface area (Å²) in [6.07, 6.45) is 3.95. The van der Waals surface area contributed by atoms with Gasteiger partial charge in [-0.3, -0.25) is 0 Å². The van der Waals surface area contributed by atoms with Crippen molar-refractivity contribution in [3.63, 3.8) is 0 Å². The molecule has 0 N–H and O–H groups in total. The summed E-state index contributed by atoms with van der Waals surface area (Å²) in [5, 5.41) is 10.2. The molecule has 4 heteroatoms. The first kappa shape index (κ1) is 39.4. The standard InChI is InChI=1S/C54H46Cl2Si.Zr/c1-5-17-47-33(3)51-43(45-31-35-19-7-9-21-37(35)39-23-11-13-25-41(39)45)27-15-29-49(51)53(47,55)57-54(56)48(18-6-2)34(4)52-44(28-16-30-50(52)54)46-32-36-20-8-10-22-38(36)40-24-12-14-26-42(40)46;/h7-16,19-32H,5-6,17-18,57H2,1-4H3;. The summed E-state index contributed by atoms with van der Waals surface area (Å²) < 4.78 is -1.29. The molecule has 284 valence electrons. The fourth-order valence-electron chi connectivity index (χ4n) is 10.8. The molecular formula is C54H46Cl2SiZr. The van der Waals surface area contributed by atoms with Gasteiger partial charge in [-0.2, -0.15) is 0 Å². The monoisotopic (exact) mass is 882 g/mol. The minimum Gasteiger partial charge on any atom is -0.114 e. The van der Waals surface area contributed by atoms with Gasteiger partial charge in [0, 0.05) is 26.2 Å². The number of alkyl halides is 2. The Balaban J connectivity index is 0.00000436. The Bertz CT molecular complexity index is 2830. The molecule has 0 aliphatic heterocycles. The van der Waals surface area contributed by atoms with Crippen molar-refractivity contribution >= 4 is 87.0 Å². The number of benzene rings is 8. The van der Waals surface area contributed by atoms with Gasteiger partial charge in [0.25, 0.3) is 0 Å². The van der Waals surface area contributed by atoms with Crippen molar-refractivity contribution in [1.29, 1.82) is 0 Å². The Labute approximate surface area is 373 Å². The van der Waals surface area contributed by atoms with Crippen molar-refractivity contribution in [2.75, 3.05) is 0 Å². The van der Waals surface area contributed by atoms with Gasteiger partial charge in [-0.1, -0.05) is 160 Å². The van der Waals surface area contributed by atoms with E-state index in [4.69, 9.17) is 23.2 Å². The predicted octanol–water partition coefficient (Wildman–Crippen LogP) is 15.5. The van der Waals surface area contributed by atoms with E-state index in [0.717, 1.165) is 25.7 Å². The first-order chi connectivity index (χ1) is 27.8. The summed E-state index contributed by atoms with van der Waals surface area (Å²) >= 11 is 16.9. The van der Waals surface area contributed by atoms with Crippen molar-refractivity contribution in [3.8, 4) is 22.3 Å². The Kier molecular flexibility index (Phi) is 10.3. The number of rotatable bonds is 8. The summed E-state index contributed by atoms with van der Waals surface area (Å²) in [5.41, 5.74) is 15.5. The van der Waals surface area contributed by atoms with Gasteiger partial charge < -0.3 is 0 Å². The zero-order valence-corrected chi connectivity index (χ0v) is 39.0. The van der Waals surface area contributed by atoms with Crippen molar-refractivity contribution in [1.82, 2.24) is 0 Å². The molecule has 8 aromatic rings. The third-order valence-corrected chi connectivity index (χ3v) is 17.5. The third kappa shape index (κ3) is 5.84. The van der Waals surface area contributed by atoms with Crippen molar-refractivity contribution in [2.45, 2.75) is 62.4 Å². The van der Waals surface area contributed by atoms with Crippen LogP contribution in [0.15, 0.2) is 157 Å². The molecule has 0 saturated heterocycles. The molecule has 2 aliphatic rings. The first-order valence-electron chi connectivity index (χ1n) is 20.7. The normalized spacial score (nSPS) is 18.9. The van der Waals surface area contributed by atoms with Crippen LogP contribution in [0.5, 0.6) is 0 Å². The van der Waals surface area contributed by atoms with E-state index < -0.39 is 18.5 Å². The van der Waals surface area contributed by atoms with Crippen LogP contribution >= 0.6 is 23.2 Å². The molecule has 58 heavy (non-hydrogen) atoms. The summed E-state index contributed by atoms with van der Waals surface area (Å²) in [4.78, 5) is 0. The van der Waals surface area contributed by atoms with Crippen LogP contribution < -0.4 is 0 Å². The van der Waals surface area contributed by atoms with Gasteiger partial charge in [-0.05, 0) is 149 Å². The average Bonchev–Trinajstić information content (AvgIpc) is 3.58. The van der Waals surface area contributed by atoms with Crippen LogP contribution in [0.2, 0.25) is 0 Å². The number of fused-ring (bicyclic) bond motifs is 8. The molecule has 2 unspecified atom stereocenters. The SMILES string of the molecule is CCCC1=C(C)c2c(-c3cc4ccccc4c4ccccc34)cccc2C1(Cl)[SiH2]C1(Cl)C(CCC)=C(C)c2c(-c3cc4ccccc4c4ccccc34)cccc21.[Zr]. The number of hydrogen-bond donors (Lipinski definition) is 0. The minimum atomic E-state index is -1.37. The van der Waals surface area contributed by atoms with Crippen LogP contribution in [0.4, 0.5) is 0 Å². The van der Waals surface area contributed by atoms with Gasteiger partial charge in [-0.25, -0.2) is 0 Å². The Morgan fingerprint density at radius 2 is 0.793 bits per heavy atom. The largest absolute Gasteiger partial charge is 0.114 e. The average molecular weight is 885 g/mol. The fraction of sp³-hybridized carbons (Fsp3) is 0.185. The van der Waals surface area contributed by atoms with Gasteiger partial charge in [0.1, 0.15) is 0 Å². The maximum Gasteiger partial charge on any atom is 0.0923 e. The second kappa shape index (κ2) is 15.2. The van der Waals surface area contributed by atoms with E-state index >= 15 is 0 Å². The van der Waals surface area contributed by atoms with E-state index in [9.17, 15) is 0 Å². The molecule has 0 nitrogen and oxygen atoms in total. The maximum absolute atomic E-state index is 8.46. The molecular weight excluding hydrogens is 839 g/mol. The second-order valence-corrected chi connectivity index (χ2v) is 21.0. The second-order valence-electron chi connectivity index (χ2n) is 16.3. The summed E-state index contributed by atoms with van der Waals surface area (Å²) in [7, 11) is -1.37. The van der Waals surface area contributed by atoms with Gasteiger partial charge in [0.2, 0.25) is 0 Å². The number of allylic oxidation sites excluding steroid dienone is 4. The molecule has 0 fully saturated rings. The van der Waals surface area contributed by atoms with Crippen molar-refractivity contribution in [2.24, 2.45) is 0 Å². The smallest absolute Gasteiger partial charge is 0.0923 e. The van der Waals surface area contributed by atoms with Gasteiger partial charge in [0.15, 0.2) is 0 Å². The molecule has 8 aromatic carbocycles. The van der Waals surface area contributed by atoms with Gasteiger partial charge >= 0.3 is 0 Å². The van der Waals surface area contributed by atoms with Crippen LogP contribution in [0, 0.1) is 0 Å². The predicted molar refractivity (Wildman–Crippen MR) is 252 cm³/mol. The van der Waals surface area contributed by atoms with Crippen molar-refractivity contribution in [3.05, 3.63) is 179 Å². The molecule has 10 rings (SSSR count).